The Morgan fingerprint density at radius 3 is 2.64 bits per heavy atom. The largest absolute Gasteiger partial charge is 0.356 e. The van der Waals surface area contributed by atoms with E-state index < -0.39 is 0 Å². The van der Waals surface area contributed by atoms with Gasteiger partial charge in [0.25, 0.3) is 0 Å². The summed E-state index contributed by atoms with van der Waals surface area (Å²) >= 11 is 0. The van der Waals surface area contributed by atoms with E-state index in [2.05, 4.69) is 10.6 Å². The maximum atomic E-state index is 11.4. The van der Waals surface area contributed by atoms with Crippen molar-refractivity contribution < 1.29 is 4.79 Å². The molecule has 2 aliphatic rings. The van der Waals surface area contributed by atoms with Crippen LogP contribution in [0.15, 0.2) is 0 Å². The van der Waals surface area contributed by atoms with E-state index >= 15 is 0 Å². The van der Waals surface area contributed by atoms with E-state index in [0.717, 1.165) is 31.7 Å². The summed E-state index contributed by atoms with van der Waals surface area (Å²) in [4.78, 5) is 11.4. The lowest BCUT2D eigenvalue weighted by molar-refractivity contribution is -0.127. The molecule has 0 spiro atoms. The van der Waals surface area contributed by atoms with Crippen LogP contribution in [0.1, 0.15) is 32.1 Å². The average Bonchev–Trinajstić information content (AvgIpc) is 1.97. The highest BCUT2D eigenvalue weighted by atomic mass is 16.1. The molecule has 2 rings (SSSR count). The Balaban J connectivity index is 1.47. The Hall–Kier alpha value is -0.570. The molecule has 3 heteroatoms. The Morgan fingerprint density at radius 1 is 1.36 bits per heavy atom. The first-order valence-corrected chi connectivity index (χ1v) is 5.84. The van der Waals surface area contributed by atoms with Gasteiger partial charge in [0.1, 0.15) is 0 Å². The molecular weight excluding hydrogens is 176 g/mol. The average molecular weight is 196 g/mol. The first-order valence-electron chi connectivity index (χ1n) is 5.84. The lowest BCUT2D eigenvalue weighted by Gasteiger charge is -2.27. The van der Waals surface area contributed by atoms with E-state index in [9.17, 15) is 4.79 Å². The van der Waals surface area contributed by atoms with E-state index in [4.69, 9.17) is 0 Å². The van der Waals surface area contributed by atoms with Gasteiger partial charge in [-0.05, 0) is 44.7 Å². The second-order valence-electron chi connectivity index (χ2n) is 4.59. The molecule has 1 aliphatic carbocycles. The Kier molecular flexibility index (Phi) is 3.40. The number of hydrogen-bond donors (Lipinski definition) is 2. The number of amides is 1. The third-order valence-electron chi connectivity index (χ3n) is 3.43. The number of nitrogens with one attached hydrogen (secondary N) is 2. The summed E-state index contributed by atoms with van der Waals surface area (Å²) in [6.45, 7) is 3.24. The topological polar surface area (TPSA) is 41.1 Å². The molecule has 1 saturated carbocycles. The van der Waals surface area contributed by atoms with Gasteiger partial charge < -0.3 is 10.6 Å². The normalized spacial score (nSPS) is 22.6. The Labute approximate surface area is 85.6 Å². The van der Waals surface area contributed by atoms with Crippen LogP contribution >= 0.6 is 0 Å². The van der Waals surface area contributed by atoms with Gasteiger partial charge >= 0.3 is 0 Å². The van der Waals surface area contributed by atoms with Gasteiger partial charge in [0, 0.05) is 12.5 Å². The molecule has 0 aromatic carbocycles. The molecule has 0 atom stereocenters. The standard InChI is InChI=1S/C11H20N2O/c14-11(10-4-1-5-10)13-6-2-3-9-7-12-8-9/h9-10,12H,1-8H2,(H,13,14). The summed E-state index contributed by atoms with van der Waals surface area (Å²) in [5.74, 6) is 1.51. The zero-order valence-corrected chi connectivity index (χ0v) is 8.72. The monoisotopic (exact) mass is 196 g/mol. The molecule has 0 radical (unpaired) electrons. The van der Waals surface area contributed by atoms with E-state index in [0.29, 0.717) is 11.8 Å². The lowest BCUT2D eigenvalue weighted by Crippen LogP contribution is -2.42. The molecule has 2 fully saturated rings. The number of carbonyl (C=O) groups excluding carboxylic acids is 1. The van der Waals surface area contributed by atoms with Crippen LogP contribution in [0.3, 0.4) is 0 Å². The number of rotatable bonds is 5. The summed E-state index contributed by atoms with van der Waals surface area (Å²) < 4.78 is 0. The quantitative estimate of drug-likeness (QED) is 0.641. The molecule has 0 aromatic heterocycles. The zero-order valence-electron chi connectivity index (χ0n) is 8.72. The fraction of sp³-hybridized carbons (Fsp3) is 0.909. The minimum Gasteiger partial charge on any atom is -0.356 e. The summed E-state index contributed by atoms with van der Waals surface area (Å²) in [5, 5.41) is 6.29. The van der Waals surface area contributed by atoms with E-state index in [1.807, 2.05) is 0 Å². The highest BCUT2D eigenvalue weighted by molar-refractivity contribution is 5.79. The van der Waals surface area contributed by atoms with Gasteiger partial charge in [-0.3, -0.25) is 4.79 Å². The predicted molar refractivity (Wildman–Crippen MR) is 55.9 cm³/mol. The molecule has 1 heterocycles. The van der Waals surface area contributed by atoms with Gasteiger partial charge in [0.15, 0.2) is 0 Å². The third-order valence-corrected chi connectivity index (χ3v) is 3.43. The van der Waals surface area contributed by atoms with Crippen molar-refractivity contribution in [2.24, 2.45) is 11.8 Å². The van der Waals surface area contributed by atoms with Crippen LogP contribution in [0.25, 0.3) is 0 Å². The fourth-order valence-corrected chi connectivity index (χ4v) is 1.97. The van der Waals surface area contributed by atoms with Crippen molar-refractivity contribution in [3.8, 4) is 0 Å². The minimum absolute atomic E-state index is 0.294. The van der Waals surface area contributed by atoms with Crippen molar-refractivity contribution in [1.29, 1.82) is 0 Å². The number of hydrogen-bond acceptors (Lipinski definition) is 2. The first kappa shape index (κ1) is 9.97. The van der Waals surface area contributed by atoms with Gasteiger partial charge in [-0.1, -0.05) is 6.42 Å². The number of carbonyl (C=O) groups is 1. The van der Waals surface area contributed by atoms with Crippen molar-refractivity contribution in [3.63, 3.8) is 0 Å². The maximum absolute atomic E-state index is 11.4. The van der Waals surface area contributed by atoms with Crippen LogP contribution in [0.4, 0.5) is 0 Å². The lowest BCUT2D eigenvalue weighted by atomic mass is 9.85. The van der Waals surface area contributed by atoms with Gasteiger partial charge in [-0.2, -0.15) is 0 Å². The van der Waals surface area contributed by atoms with Crippen LogP contribution in [0.5, 0.6) is 0 Å². The van der Waals surface area contributed by atoms with Crippen LogP contribution in [-0.2, 0) is 4.79 Å². The maximum Gasteiger partial charge on any atom is 0.223 e. The molecule has 0 bridgehead atoms. The SMILES string of the molecule is O=C(NCCCC1CNC1)C1CCC1. The second kappa shape index (κ2) is 4.78. The van der Waals surface area contributed by atoms with Crippen LogP contribution in [-0.4, -0.2) is 25.5 Å². The summed E-state index contributed by atoms with van der Waals surface area (Å²) in [7, 11) is 0. The van der Waals surface area contributed by atoms with Gasteiger partial charge in [0.05, 0.1) is 0 Å². The van der Waals surface area contributed by atoms with Crippen molar-refractivity contribution in [1.82, 2.24) is 10.6 Å². The van der Waals surface area contributed by atoms with Crippen LogP contribution in [0, 0.1) is 11.8 Å². The van der Waals surface area contributed by atoms with Gasteiger partial charge in [-0.15, -0.1) is 0 Å². The molecule has 80 valence electrons. The van der Waals surface area contributed by atoms with Crippen molar-refractivity contribution >= 4 is 5.91 Å². The highest BCUT2D eigenvalue weighted by Gasteiger charge is 2.24. The van der Waals surface area contributed by atoms with Crippen molar-refractivity contribution in [2.75, 3.05) is 19.6 Å². The zero-order chi connectivity index (χ0) is 9.80. The summed E-state index contributed by atoms with van der Waals surface area (Å²) in [6.07, 6.45) is 5.87. The Bertz CT molecular complexity index is 197. The summed E-state index contributed by atoms with van der Waals surface area (Å²) in [6, 6.07) is 0. The van der Waals surface area contributed by atoms with E-state index in [-0.39, 0.29) is 0 Å². The third kappa shape index (κ3) is 2.47. The Morgan fingerprint density at radius 2 is 2.14 bits per heavy atom. The molecular formula is C11H20N2O. The smallest absolute Gasteiger partial charge is 0.223 e. The molecule has 0 aromatic rings. The molecule has 1 amide bonds. The molecule has 2 N–H and O–H groups in total. The van der Waals surface area contributed by atoms with Crippen molar-refractivity contribution in [2.45, 2.75) is 32.1 Å². The molecule has 1 saturated heterocycles. The second-order valence-corrected chi connectivity index (χ2v) is 4.59. The van der Waals surface area contributed by atoms with Crippen molar-refractivity contribution in [3.05, 3.63) is 0 Å². The predicted octanol–water partition coefficient (Wildman–Crippen LogP) is 0.902. The van der Waals surface area contributed by atoms with E-state index in [1.54, 1.807) is 0 Å². The molecule has 3 nitrogen and oxygen atoms in total. The molecule has 0 unspecified atom stereocenters. The fourth-order valence-electron chi connectivity index (χ4n) is 1.97. The van der Waals surface area contributed by atoms with Gasteiger partial charge in [-0.25, -0.2) is 0 Å². The minimum atomic E-state index is 0.294. The first-order chi connectivity index (χ1) is 6.86. The van der Waals surface area contributed by atoms with Crippen LogP contribution in [0.2, 0.25) is 0 Å². The molecule has 14 heavy (non-hydrogen) atoms. The molecule has 1 aliphatic heterocycles. The van der Waals surface area contributed by atoms with E-state index in [1.165, 1.54) is 25.9 Å². The van der Waals surface area contributed by atoms with Crippen LogP contribution < -0.4 is 10.6 Å². The van der Waals surface area contributed by atoms with Gasteiger partial charge in [0.2, 0.25) is 5.91 Å². The highest BCUT2D eigenvalue weighted by Crippen LogP contribution is 2.26. The summed E-state index contributed by atoms with van der Waals surface area (Å²) in [5.41, 5.74) is 0.